The average molecular weight is 445 g/mol. The smallest absolute Gasteiger partial charge is 0.338 e. The summed E-state index contributed by atoms with van der Waals surface area (Å²) in [5.74, 6) is -2.34. The predicted octanol–water partition coefficient (Wildman–Crippen LogP) is 0.606. The van der Waals surface area contributed by atoms with Crippen LogP contribution in [0.2, 0.25) is 0 Å². The van der Waals surface area contributed by atoms with E-state index in [1.165, 1.54) is 25.3 Å². The van der Waals surface area contributed by atoms with Crippen LogP contribution >= 0.6 is 0 Å². The van der Waals surface area contributed by atoms with E-state index in [1.807, 2.05) is 0 Å². The van der Waals surface area contributed by atoms with E-state index in [1.54, 1.807) is 6.92 Å². The fourth-order valence-electron chi connectivity index (χ4n) is 3.28. The van der Waals surface area contributed by atoms with Crippen LogP contribution in [0.4, 0.5) is 4.79 Å². The minimum absolute atomic E-state index is 0.0576. The number of hydrogen-bond donors (Lipinski definition) is 2. The monoisotopic (exact) mass is 445 g/mol. The summed E-state index contributed by atoms with van der Waals surface area (Å²) < 4.78 is 15.1. The van der Waals surface area contributed by atoms with Gasteiger partial charge in [0.2, 0.25) is 0 Å². The Hall–Kier alpha value is -3.73. The van der Waals surface area contributed by atoms with E-state index in [-0.39, 0.29) is 54.3 Å². The number of hydrogen-bond acceptors (Lipinski definition) is 8. The number of rotatable bonds is 9. The maximum atomic E-state index is 12.6. The normalized spacial score (nSPS) is 15.3. The van der Waals surface area contributed by atoms with Gasteiger partial charge in [-0.15, -0.1) is 0 Å². The van der Waals surface area contributed by atoms with Crippen molar-refractivity contribution >= 4 is 29.8 Å². The first kappa shape index (κ1) is 22.9. The molecule has 2 heterocycles. The number of urea groups is 1. The van der Waals surface area contributed by atoms with E-state index in [4.69, 9.17) is 14.2 Å². The van der Waals surface area contributed by atoms with Gasteiger partial charge in [0.15, 0.2) is 0 Å². The fourth-order valence-corrected chi connectivity index (χ4v) is 3.28. The van der Waals surface area contributed by atoms with Gasteiger partial charge in [-0.3, -0.25) is 14.5 Å². The molecule has 11 nitrogen and oxygen atoms in total. The van der Waals surface area contributed by atoms with Crippen molar-refractivity contribution in [1.82, 2.24) is 15.5 Å². The minimum Gasteiger partial charge on any atom is -0.463 e. The summed E-state index contributed by atoms with van der Waals surface area (Å²) >= 11 is 0. The second kappa shape index (κ2) is 10.1. The van der Waals surface area contributed by atoms with E-state index >= 15 is 0 Å². The number of nitrogens with one attached hydrogen (secondary N) is 2. The zero-order chi connectivity index (χ0) is 23.3. The molecule has 2 N–H and O–H groups in total. The van der Waals surface area contributed by atoms with Crippen LogP contribution in [0.3, 0.4) is 0 Å². The Balaban J connectivity index is 1.72. The summed E-state index contributed by atoms with van der Waals surface area (Å²) in [6.07, 6.45) is 0.495. The first-order valence-corrected chi connectivity index (χ1v) is 9.97. The second-order valence-corrected chi connectivity index (χ2v) is 6.93. The molecule has 4 amide bonds. The quantitative estimate of drug-likeness (QED) is 0.320. The average Bonchev–Trinajstić information content (AvgIpc) is 3.02. The molecule has 1 aromatic carbocycles. The number of carbonyl (C=O) groups excluding carboxylic acids is 5. The number of benzene rings is 1. The molecule has 0 radical (unpaired) electrons. The molecule has 3 rings (SSSR count). The lowest BCUT2D eigenvalue weighted by molar-refractivity contribution is -0.138. The Morgan fingerprint density at radius 3 is 2.53 bits per heavy atom. The Morgan fingerprint density at radius 2 is 1.81 bits per heavy atom. The fraction of sp³-hybridized carbons (Fsp3) is 0.381. The van der Waals surface area contributed by atoms with Crippen LogP contribution < -0.4 is 10.6 Å². The number of nitrogens with zero attached hydrogens (tertiary/aromatic N) is 1. The molecule has 0 unspecified atom stereocenters. The Kier molecular flexibility index (Phi) is 7.21. The number of fused-ring (bicyclic) bond motifs is 1. The molecule has 0 saturated heterocycles. The highest BCUT2D eigenvalue weighted by Gasteiger charge is 2.35. The molecule has 32 heavy (non-hydrogen) atoms. The lowest BCUT2D eigenvalue weighted by Gasteiger charge is -2.21. The van der Waals surface area contributed by atoms with Crippen molar-refractivity contribution in [3.8, 4) is 0 Å². The number of ether oxygens (including phenoxy) is 3. The molecule has 0 aromatic heterocycles. The molecule has 2 aliphatic heterocycles. The lowest BCUT2D eigenvalue weighted by Crippen LogP contribution is -2.45. The third-order valence-electron chi connectivity index (χ3n) is 4.86. The van der Waals surface area contributed by atoms with Crippen LogP contribution in [-0.2, 0) is 19.0 Å². The van der Waals surface area contributed by atoms with Crippen LogP contribution in [0.5, 0.6) is 0 Å². The molecule has 11 heteroatoms. The summed E-state index contributed by atoms with van der Waals surface area (Å²) in [7, 11) is 1.53. The first-order valence-electron chi connectivity index (χ1n) is 9.97. The van der Waals surface area contributed by atoms with Crippen molar-refractivity contribution in [2.45, 2.75) is 13.3 Å². The van der Waals surface area contributed by atoms with Crippen molar-refractivity contribution < 1.29 is 38.2 Å². The van der Waals surface area contributed by atoms with Gasteiger partial charge in [-0.1, -0.05) is 0 Å². The van der Waals surface area contributed by atoms with Crippen molar-refractivity contribution in [3.05, 3.63) is 46.2 Å². The van der Waals surface area contributed by atoms with E-state index in [0.717, 1.165) is 4.90 Å². The number of imide groups is 1. The SMILES string of the molecule is CCOC(=O)C1=C(COC(=O)c2ccc3c(c2)C(=O)N(CCCOC)C3=O)NC(=O)NC1. The molecular formula is C21H23N3O8. The zero-order valence-electron chi connectivity index (χ0n) is 17.7. The summed E-state index contributed by atoms with van der Waals surface area (Å²) in [5.41, 5.74) is 0.630. The maximum Gasteiger partial charge on any atom is 0.338 e. The van der Waals surface area contributed by atoms with Crippen LogP contribution in [0.25, 0.3) is 0 Å². The van der Waals surface area contributed by atoms with Crippen molar-refractivity contribution in [2.75, 3.05) is 40.0 Å². The van der Waals surface area contributed by atoms with Crippen LogP contribution in [0, 0.1) is 0 Å². The molecule has 0 spiro atoms. The molecule has 0 atom stereocenters. The van der Waals surface area contributed by atoms with Gasteiger partial charge in [0, 0.05) is 20.3 Å². The highest BCUT2D eigenvalue weighted by Crippen LogP contribution is 2.24. The van der Waals surface area contributed by atoms with Crippen LogP contribution in [0.15, 0.2) is 29.5 Å². The summed E-state index contributed by atoms with van der Waals surface area (Å²) in [5, 5.41) is 4.88. The molecule has 0 bridgehead atoms. The lowest BCUT2D eigenvalue weighted by atomic mass is 10.1. The molecule has 0 aliphatic carbocycles. The number of methoxy groups -OCH3 is 1. The van der Waals surface area contributed by atoms with Gasteiger partial charge in [0.25, 0.3) is 11.8 Å². The summed E-state index contributed by atoms with van der Waals surface area (Å²) in [6, 6.07) is 3.54. The first-order chi connectivity index (χ1) is 15.4. The molecule has 170 valence electrons. The number of carbonyl (C=O) groups is 5. The third kappa shape index (κ3) is 4.78. The Morgan fingerprint density at radius 1 is 1.06 bits per heavy atom. The van der Waals surface area contributed by atoms with E-state index in [2.05, 4.69) is 10.6 Å². The van der Waals surface area contributed by atoms with Gasteiger partial charge in [-0.2, -0.15) is 0 Å². The molecule has 1 aromatic rings. The standard InChI is InChI=1S/C21H23N3O8/c1-3-31-20(28)15-10-22-21(29)23-16(15)11-32-19(27)12-5-6-13-14(9-12)18(26)24(17(13)25)7-4-8-30-2/h5-6,9H,3-4,7-8,10-11H2,1-2H3,(H2,22,23,29). The Bertz CT molecular complexity index is 1000. The summed E-state index contributed by atoms with van der Waals surface area (Å²) in [6.45, 7) is 1.96. The Labute approximate surface area is 183 Å². The number of esters is 2. The highest BCUT2D eigenvalue weighted by molar-refractivity contribution is 6.22. The maximum absolute atomic E-state index is 12.6. The van der Waals surface area contributed by atoms with Gasteiger partial charge in [0.05, 0.1) is 41.1 Å². The minimum atomic E-state index is -0.783. The zero-order valence-corrected chi connectivity index (χ0v) is 17.7. The topological polar surface area (TPSA) is 140 Å². The van der Waals surface area contributed by atoms with Gasteiger partial charge in [-0.25, -0.2) is 14.4 Å². The van der Waals surface area contributed by atoms with Gasteiger partial charge in [0.1, 0.15) is 6.61 Å². The van der Waals surface area contributed by atoms with E-state index < -0.39 is 29.8 Å². The predicted molar refractivity (Wildman–Crippen MR) is 109 cm³/mol. The highest BCUT2D eigenvalue weighted by atomic mass is 16.5. The van der Waals surface area contributed by atoms with E-state index in [9.17, 15) is 24.0 Å². The van der Waals surface area contributed by atoms with Crippen molar-refractivity contribution in [3.63, 3.8) is 0 Å². The molecular weight excluding hydrogens is 422 g/mol. The van der Waals surface area contributed by atoms with Crippen LogP contribution in [-0.4, -0.2) is 74.7 Å². The number of amides is 4. The van der Waals surface area contributed by atoms with Crippen molar-refractivity contribution in [1.29, 1.82) is 0 Å². The second-order valence-electron chi connectivity index (χ2n) is 6.93. The van der Waals surface area contributed by atoms with E-state index in [0.29, 0.717) is 13.0 Å². The molecule has 0 saturated carbocycles. The van der Waals surface area contributed by atoms with Gasteiger partial charge >= 0.3 is 18.0 Å². The summed E-state index contributed by atoms with van der Waals surface area (Å²) in [4.78, 5) is 62.4. The molecule has 0 fully saturated rings. The van der Waals surface area contributed by atoms with Crippen LogP contribution in [0.1, 0.15) is 44.4 Å². The molecule has 2 aliphatic rings. The largest absolute Gasteiger partial charge is 0.463 e. The third-order valence-corrected chi connectivity index (χ3v) is 4.86. The van der Waals surface area contributed by atoms with Gasteiger partial charge < -0.3 is 24.8 Å². The van der Waals surface area contributed by atoms with Gasteiger partial charge in [-0.05, 0) is 31.5 Å². The van der Waals surface area contributed by atoms with Crippen molar-refractivity contribution in [2.24, 2.45) is 0 Å².